The predicted molar refractivity (Wildman–Crippen MR) is 73.2 cm³/mol. The SMILES string of the molecule is CCS[As](C)C.C[As](C)SCC(=O)O. The predicted octanol–water partition coefficient (Wildman–Crippen LogP) is 3.05. The summed E-state index contributed by atoms with van der Waals surface area (Å²) in [7, 11) is 3.72. The van der Waals surface area contributed by atoms with E-state index in [0.717, 1.165) is 0 Å². The first kappa shape index (κ1) is 17.7. The average Bonchev–Trinajstić information content (AvgIpc) is 2.01. The molecule has 1 N–H and O–H groups in total. The van der Waals surface area contributed by atoms with Crippen molar-refractivity contribution in [2.45, 2.75) is 29.8 Å². The van der Waals surface area contributed by atoms with Crippen LogP contribution >= 0.6 is 20.0 Å². The number of hydrogen-bond acceptors (Lipinski definition) is 3. The third-order valence-corrected chi connectivity index (χ3v) is 11.4. The van der Waals surface area contributed by atoms with Gasteiger partial charge in [0.2, 0.25) is 0 Å². The van der Waals surface area contributed by atoms with E-state index in [1.54, 1.807) is 10.0 Å². The summed E-state index contributed by atoms with van der Waals surface area (Å²) in [6, 6.07) is 0. The first-order chi connectivity index (χ1) is 6.40. The van der Waals surface area contributed by atoms with Crippen LogP contribution in [0.1, 0.15) is 6.92 Å². The second kappa shape index (κ2) is 12.4. The number of carboxylic acid groups (broad SMARTS) is 1. The fourth-order valence-corrected chi connectivity index (χ4v) is 6.90. The fourth-order valence-electron chi connectivity index (χ4n) is 0.443. The van der Waals surface area contributed by atoms with Crippen molar-refractivity contribution >= 4 is 53.0 Å². The molecule has 0 saturated heterocycles. The second-order valence-corrected chi connectivity index (χ2v) is 21.7. The summed E-state index contributed by atoms with van der Waals surface area (Å²) in [4.78, 5) is 9.91. The Morgan fingerprint density at radius 3 is 1.64 bits per heavy atom. The van der Waals surface area contributed by atoms with Crippen molar-refractivity contribution in [3.05, 3.63) is 0 Å². The molecule has 0 aromatic carbocycles. The van der Waals surface area contributed by atoms with Gasteiger partial charge in [0.25, 0.3) is 0 Å². The standard InChI is InChI=1S/C4H9AsO2S.C4H11AsS/c1-5(2)8-3-4(6)7;1-4-6-5(2)3/h3H2,1-2H3,(H,6,7);4H2,1-3H3. The normalized spacial score (nSPS) is 9.93. The quantitative estimate of drug-likeness (QED) is 0.763. The van der Waals surface area contributed by atoms with Crippen LogP contribution in [0, 0.1) is 0 Å². The minimum atomic E-state index is -0.746. The van der Waals surface area contributed by atoms with E-state index in [2.05, 4.69) is 39.8 Å². The monoisotopic (exact) mass is 362 g/mol. The molecule has 0 amide bonds. The molecule has 0 fully saturated rings. The molecule has 0 radical (unpaired) electrons. The van der Waals surface area contributed by atoms with Crippen LogP contribution in [0.25, 0.3) is 0 Å². The zero-order valence-electron chi connectivity index (χ0n) is 9.48. The number of rotatable bonds is 5. The molecular weight excluding hydrogens is 342 g/mol. The van der Waals surface area contributed by atoms with Gasteiger partial charge in [-0.1, -0.05) is 0 Å². The van der Waals surface area contributed by atoms with Gasteiger partial charge >= 0.3 is 104 Å². The molecule has 14 heavy (non-hydrogen) atoms. The van der Waals surface area contributed by atoms with Gasteiger partial charge in [0, 0.05) is 0 Å². The zero-order valence-corrected chi connectivity index (χ0v) is 14.9. The molecule has 0 spiro atoms. The Morgan fingerprint density at radius 1 is 1.14 bits per heavy atom. The molecule has 86 valence electrons. The molecule has 2 nitrogen and oxygen atoms in total. The molecule has 0 unspecified atom stereocenters. The van der Waals surface area contributed by atoms with Crippen LogP contribution in [-0.2, 0) is 4.79 Å². The van der Waals surface area contributed by atoms with Crippen molar-refractivity contribution in [2.75, 3.05) is 11.5 Å². The van der Waals surface area contributed by atoms with Gasteiger partial charge in [-0.05, 0) is 0 Å². The van der Waals surface area contributed by atoms with Crippen LogP contribution in [0.2, 0.25) is 22.8 Å². The van der Waals surface area contributed by atoms with Gasteiger partial charge in [-0.25, -0.2) is 0 Å². The van der Waals surface area contributed by atoms with E-state index >= 15 is 0 Å². The van der Waals surface area contributed by atoms with Crippen LogP contribution in [0.4, 0.5) is 0 Å². The van der Waals surface area contributed by atoms with Crippen molar-refractivity contribution in [1.29, 1.82) is 0 Å². The Labute approximate surface area is 103 Å². The van der Waals surface area contributed by atoms with E-state index in [1.165, 1.54) is 5.75 Å². The van der Waals surface area contributed by atoms with Crippen molar-refractivity contribution in [1.82, 2.24) is 0 Å². The average molecular weight is 362 g/mol. The number of carboxylic acids is 1. The van der Waals surface area contributed by atoms with Gasteiger partial charge in [-0.2, -0.15) is 0 Å². The Balaban J connectivity index is 0. The maximum atomic E-state index is 9.91. The van der Waals surface area contributed by atoms with Crippen LogP contribution in [0.15, 0.2) is 0 Å². The molecule has 0 rings (SSSR count). The third-order valence-electron chi connectivity index (χ3n) is 0.834. The van der Waals surface area contributed by atoms with Crippen LogP contribution in [-0.4, -0.2) is 49.6 Å². The maximum absolute atomic E-state index is 9.91. The zero-order chi connectivity index (χ0) is 11.6. The van der Waals surface area contributed by atoms with Crippen LogP contribution < -0.4 is 0 Å². The number of carbonyl (C=O) groups is 1. The van der Waals surface area contributed by atoms with Gasteiger partial charge in [0.05, 0.1) is 0 Å². The number of aliphatic carboxylic acids is 1. The van der Waals surface area contributed by atoms with E-state index in [4.69, 9.17) is 5.11 Å². The van der Waals surface area contributed by atoms with Gasteiger partial charge in [0.1, 0.15) is 0 Å². The fraction of sp³-hybridized carbons (Fsp3) is 0.875. The summed E-state index contributed by atoms with van der Waals surface area (Å²) >= 11 is -1.05. The molecule has 6 heteroatoms. The third kappa shape index (κ3) is 23.3. The summed E-state index contributed by atoms with van der Waals surface area (Å²) in [5.74, 6) is 0.901. The Hall–Kier alpha value is 1.29. The summed E-state index contributed by atoms with van der Waals surface area (Å²) in [6.07, 6.45) is 0. The van der Waals surface area contributed by atoms with E-state index in [-0.39, 0.29) is 19.2 Å². The van der Waals surface area contributed by atoms with Crippen LogP contribution in [0.5, 0.6) is 0 Å². The molecule has 0 aliphatic heterocycles. The molecule has 0 bridgehead atoms. The van der Waals surface area contributed by atoms with Gasteiger partial charge in [-0.15, -0.1) is 0 Å². The van der Waals surface area contributed by atoms with Gasteiger partial charge in [-0.3, -0.25) is 0 Å². The molecular formula is C8H20As2O2S2. The van der Waals surface area contributed by atoms with Crippen molar-refractivity contribution in [2.24, 2.45) is 0 Å². The first-order valence-corrected chi connectivity index (χ1v) is 18.2. The second-order valence-electron chi connectivity index (χ2n) is 2.71. The molecule has 0 heterocycles. The van der Waals surface area contributed by atoms with Crippen molar-refractivity contribution < 1.29 is 9.90 Å². The number of hydrogen-bond donors (Lipinski definition) is 1. The van der Waals surface area contributed by atoms with E-state index in [0.29, 0.717) is 0 Å². The molecule has 0 saturated carbocycles. The Morgan fingerprint density at radius 2 is 1.57 bits per heavy atom. The molecule has 0 atom stereocenters. The van der Waals surface area contributed by atoms with E-state index in [1.807, 2.05) is 0 Å². The van der Waals surface area contributed by atoms with Crippen molar-refractivity contribution in [3.63, 3.8) is 0 Å². The molecule has 0 aliphatic carbocycles. The van der Waals surface area contributed by atoms with E-state index < -0.39 is 19.5 Å². The first-order valence-electron chi connectivity index (χ1n) is 4.22. The van der Waals surface area contributed by atoms with Crippen LogP contribution in [0.3, 0.4) is 0 Å². The Bertz CT molecular complexity index is 143. The molecule has 0 aromatic rings. The minimum absolute atomic E-state index is 0.285. The summed E-state index contributed by atoms with van der Waals surface area (Å²) in [5, 5.41) is 8.16. The summed E-state index contributed by atoms with van der Waals surface area (Å²) in [6.45, 7) is 2.22. The summed E-state index contributed by atoms with van der Waals surface area (Å²) < 4.78 is 0. The summed E-state index contributed by atoms with van der Waals surface area (Å²) in [5.41, 5.74) is 8.98. The molecule has 0 aromatic heterocycles. The van der Waals surface area contributed by atoms with Crippen molar-refractivity contribution in [3.8, 4) is 0 Å². The Kier molecular flexibility index (Phi) is 15.6. The topological polar surface area (TPSA) is 37.3 Å². The molecule has 0 aliphatic rings. The van der Waals surface area contributed by atoms with Gasteiger partial charge < -0.3 is 0 Å². The van der Waals surface area contributed by atoms with Gasteiger partial charge in [0.15, 0.2) is 0 Å². The van der Waals surface area contributed by atoms with E-state index in [9.17, 15) is 4.79 Å².